The molecule has 2 atom stereocenters. The third kappa shape index (κ3) is 3.47. The Balaban J connectivity index is 1.94. The van der Waals surface area contributed by atoms with Crippen LogP contribution < -0.4 is 10.1 Å². The fourth-order valence-corrected chi connectivity index (χ4v) is 3.49. The van der Waals surface area contributed by atoms with E-state index in [-0.39, 0.29) is 5.91 Å². The molecular weight excluding hydrogens is 308 g/mol. The summed E-state index contributed by atoms with van der Waals surface area (Å²) >= 11 is 3.55. The van der Waals surface area contributed by atoms with Crippen LogP contribution in [-0.4, -0.2) is 29.9 Å². The van der Waals surface area contributed by atoms with E-state index in [0.717, 1.165) is 11.9 Å². The van der Waals surface area contributed by atoms with Crippen molar-refractivity contribution in [2.45, 2.75) is 19.3 Å². The average Bonchev–Trinajstić information content (AvgIpc) is 2.92. The summed E-state index contributed by atoms with van der Waals surface area (Å²) in [5.74, 6) is 1.69. The van der Waals surface area contributed by atoms with Gasteiger partial charge in [0.25, 0.3) is 5.91 Å². The van der Waals surface area contributed by atoms with Crippen LogP contribution in [0.4, 0.5) is 0 Å². The smallest absolute Gasteiger partial charge is 0.255 e. The molecule has 1 aliphatic rings. The van der Waals surface area contributed by atoms with E-state index in [0.29, 0.717) is 23.1 Å². The molecule has 0 aromatic carbocycles. The van der Waals surface area contributed by atoms with Crippen molar-refractivity contribution in [2.75, 3.05) is 19.0 Å². The van der Waals surface area contributed by atoms with Crippen LogP contribution in [0.1, 0.15) is 29.6 Å². The SMILES string of the molecule is COc1cnccc1C(=O)NCC1CCCC1CBr. The topological polar surface area (TPSA) is 51.2 Å². The normalized spacial score (nSPS) is 22.2. The average molecular weight is 327 g/mol. The quantitative estimate of drug-likeness (QED) is 0.846. The van der Waals surface area contributed by atoms with E-state index in [1.807, 2.05) is 0 Å². The van der Waals surface area contributed by atoms with Crippen LogP contribution in [-0.2, 0) is 0 Å². The van der Waals surface area contributed by atoms with E-state index >= 15 is 0 Å². The molecule has 0 bridgehead atoms. The Morgan fingerprint density at radius 3 is 3.05 bits per heavy atom. The number of methoxy groups -OCH3 is 1. The number of aromatic nitrogens is 1. The van der Waals surface area contributed by atoms with Gasteiger partial charge in [-0.2, -0.15) is 0 Å². The second-order valence-corrected chi connectivity index (χ2v) is 5.54. The lowest BCUT2D eigenvalue weighted by molar-refractivity contribution is 0.0941. The Bertz CT molecular complexity index is 439. The van der Waals surface area contributed by atoms with Gasteiger partial charge in [-0.25, -0.2) is 0 Å². The maximum Gasteiger partial charge on any atom is 0.255 e. The van der Waals surface area contributed by atoms with Gasteiger partial charge in [0.1, 0.15) is 5.75 Å². The molecule has 1 N–H and O–H groups in total. The maximum atomic E-state index is 12.1. The van der Waals surface area contributed by atoms with Crippen LogP contribution >= 0.6 is 15.9 Å². The van der Waals surface area contributed by atoms with Crippen LogP contribution in [0.15, 0.2) is 18.5 Å². The molecule has 1 fully saturated rings. The summed E-state index contributed by atoms with van der Waals surface area (Å²) in [5, 5.41) is 4.03. The van der Waals surface area contributed by atoms with Crippen molar-refractivity contribution >= 4 is 21.8 Å². The zero-order chi connectivity index (χ0) is 13.7. The first-order chi connectivity index (χ1) is 9.26. The summed E-state index contributed by atoms with van der Waals surface area (Å²) in [5.41, 5.74) is 0.547. The Kier molecular flexibility index (Phi) is 5.19. The molecule has 1 amide bonds. The number of halogens is 1. The molecule has 0 saturated heterocycles. The summed E-state index contributed by atoms with van der Waals surface area (Å²) in [4.78, 5) is 16.1. The number of hydrogen-bond acceptors (Lipinski definition) is 3. The molecule has 5 heteroatoms. The number of pyridine rings is 1. The lowest BCUT2D eigenvalue weighted by Gasteiger charge is -2.18. The van der Waals surface area contributed by atoms with Gasteiger partial charge in [-0.1, -0.05) is 22.4 Å². The lowest BCUT2D eigenvalue weighted by atomic mass is 9.98. The van der Waals surface area contributed by atoms with Crippen LogP contribution in [0.3, 0.4) is 0 Å². The molecule has 2 unspecified atom stereocenters. The van der Waals surface area contributed by atoms with Gasteiger partial charge in [0.05, 0.1) is 18.9 Å². The van der Waals surface area contributed by atoms with E-state index in [1.54, 1.807) is 25.6 Å². The lowest BCUT2D eigenvalue weighted by Crippen LogP contribution is -2.31. The first-order valence-electron chi connectivity index (χ1n) is 6.58. The number of hydrogen-bond donors (Lipinski definition) is 1. The molecule has 19 heavy (non-hydrogen) atoms. The predicted molar refractivity (Wildman–Crippen MR) is 77.7 cm³/mol. The molecule has 1 aromatic rings. The number of nitrogens with one attached hydrogen (secondary N) is 1. The van der Waals surface area contributed by atoms with Gasteiger partial charge >= 0.3 is 0 Å². The monoisotopic (exact) mass is 326 g/mol. The molecule has 2 rings (SSSR count). The Morgan fingerprint density at radius 2 is 2.32 bits per heavy atom. The third-order valence-corrected chi connectivity index (χ3v) is 4.62. The van der Waals surface area contributed by atoms with Crippen molar-refractivity contribution in [3.8, 4) is 5.75 Å². The number of amides is 1. The van der Waals surface area contributed by atoms with Crippen LogP contribution in [0.25, 0.3) is 0 Å². The molecule has 1 heterocycles. The Labute approximate surface area is 122 Å². The van der Waals surface area contributed by atoms with Crippen molar-refractivity contribution in [1.29, 1.82) is 0 Å². The van der Waals surface area contributed by atoms with Crippen LogP contribution in [0, 0.1) is 11.8 Å². The molecule has 4 nitrogen and oxygen atoms in total. The van der Waals surface area contributed by atoms with Gasteiger partial charge in [0.15, 0.2) is 0 Å². The van der Waals surface area contributed by atoms with Crippen LogP contribution in [0.5, 0.6) is 5.75 Å². The molecule has 0 radical (unpaired) electrons. The van der Waals surface area contributed by atoms with Gasteiger partial charge in [-0.15, -0.1) is 0 Å². The second kappa shape index (κ2) is 6.89. The number of carbonyl (C=O) groups excluding carboxylic acids is 1. The van der Waals surface area contributed by atoms with E-state index in [4.69, 9.17) is 4.74 Å². The van der Waals surface area contributed by atoms with Gasteiger partial charge < -0.3 is 10.1 Å². The number of nitrogens with zero attached hydrogens (tertiary/aromatic N) is 1. The van der Waals surface area contributed by atoms with Crippen LogP contribution in [0.2, 0.25) is 0 Å². The van der Waals surface area contributed by atoms with E-state index in [1.165, 1.54) is 19.3 Å². The highest BCUT2D eigenvalue weighted by Crippen LogP contribution is 2.32. The summed E-state index contributed by atoms with van der Waals surface area (Å²) in [6, 6.07) is 1.69. The number of rotatable bonds is 5. The highest BCUT2D eigenvalue weighted by molar-refractivity contribution is 9.09. The fraction of sp³-hybridized carbons (Fsp3) is 0.571. The number of carbonyl (C=O) groups is 1. The summed E-state index contributed by atoms with van der Waals surface area (Å²) in [6.45, 7) is 0.737. The summed E-state index contributed by atoms with van der Waals surface area (Å²) < 4.78 is 5.15. The number of ether oxygens (including phenoxy) is 1. The van der Waals surface area contributed by atoms with E-state index in [9.17, 15) is 4.79 Å². The van der Waals surface area contributed by atoms with Gasteiger partial charge in [-0.3, -0.25) is 9.78 Å². The van der Waals surface area contributed by atoms with Gasteiger partial charge in [0, 0.05) is 18.1 Å². The van der Waals surface area contributed by atoms with Crippen molar-refractivity contribution in [3.05, 3.63) is 24.0 Å². The zero-order valence-electron chi connectivity index (χ0n) is 11.1. The Hall–Kier alpha value is -1.10. The molecule has 1 aromatic heterocycles. The Morgan fingerprint density at radius 1 is 1.53 bits per heavy atom. The highest BCUT2D eigenvalue weighted by atomic mass is 79.9. The van der Waals surface area contributed by atoms with Gasteiger partial charge in [0.2, 0.25) is 0 Å². The van der Waals surface area contributed by atoms with E-state index in [2.05, 4.69) is 26.2 Å². The first kappa shape index (κ1) is 14.3. The van der Waals surface area contributed by atoms with E-state index < -0.39 is 0 Å². The van der Waals surface area contributed by atoms with Crippen molar-refractivity contribution in [1.82, 2.24) is 10.3 Å². The van der Waals surface area contributed by atoms with Gasteiger partial charge in [-0.05, 0) is 30.7 Å². The largest absolute Gasteiger partial charge is 0.494 e. The minimum Gasteiger partial charge on any atom is -0.494 e. The summed E-state index contributed by atoms with van der Waals surface area (Å²) in [6.07, 6.45) is 6.88. The minimum atomic E-state index is -0.0838. The molecule has 1 aliphatic carbocycles. The second-order valence-electron chi connectivity index (χ2n) is 4.89. The predicted octanol–water partition coefficient (Wildman–Crippen LogP) is 2.63. The zero-order valence-corrected chi connectivity index (χ0v) is 12.6. The van der Waals surface area contributed by atoms with Crippen molar-refractivity contribution in [2.24, 2.45) is 11.8 Å². The van der Waals surface area contributed by atoms with Crippen molar-refractivity contribution < 1.29 is 9.53 Å². The minimum absolute atomic E-state index is 0.0838. The highest BCUT2D eigenvalue weighted by Gasteiger charge is 2.26. The molecule has 0 aliphatic heterocycles. The summed E-state index contributed by atoms with van der Waals surface area (Å²) in [7, 11) is 1.55. The first-order valence-corrected chi connectivity index (χ1v) is 7.70. The fourth-order valence-electron chi connectivity index (χ4n) is 2.63. The molecule has 1 saturated carbocycles. The molecule has 104 valence electrons. The maximum absolute atomic E-state index is 12.1. The van der Waals surface area contributed by atoms with Crippen molar-refractivity contribution in [3.63, 3.8) is 0 Å². The molecular formula is C14H19BrN2O2. The standard InChI is InChI=1S/C14H19BrN2O2/c1-19-13-9-16-6-5-12(13)14(18)17-8-11-4-2-3-10(11)7-15/h5-6,9-11H,2-4,7-8H2,1H3,(H,17,18). The third-order valence-electron chi connectivity index (χ3n) is 3.79. The number of alkyl halides is 1. The molecule has 0 spiro atoms.